The number of allylic oxidation sites excluding steroid dienone is 4. The lowest BCUT2D eigenvalue weighted by molar-refractivity contribution is 0.673. The Bertz CT molecular complexity index is 2040. The summed E-state index contributed by atoms with van der Waals surface area (Å²) in [5.41, 5.74) is 9.42. The maximum atomic E-state index is 6.51. The Labute approximate surface area is 220 Å². The van der Waals surface area contributed by atoms with Crippen LogP contribution in [0.1, 0.15) is 23.5 Å². The van der Waals surface area contributed by atoms with Gasteiger partial charge in [0.1, 0.15) is 11.2 Å². The molecule has 1 atom stereocenters. The minimum atomic E-state index is 0.289. The first-order chi connectivity index (χ1) is 18.8. The number of rotatable bonds is 3. The van der Waals surface area contributed by atoms with Gasteiger partial charge in [-0.05, 0) is 53.5 Å². The van der Waals surface area contributed by atoms with E-state index in [9.17, 15) is 0 Å². The summed E-state index contributed by atoms with van der Waals surface area (Å²) in [4.78, 5) is 0. The SMILES string of the molecule is C1=C(c2ccccc2)CC(c2ccccc2)C=C1n1c2ccccc2c2c3oc4ccccc4c3ccc21. The Morgan fingerprint density at radius 3 is 2.16 bits per heavy atom. The molecule has 0 bridgehead atoms. The monoisotopic (exact) mass is 487 g/mol. The minimum absolute atomic E-state index is 0.289. The second-order valence-electron chi connectivity index (χ2n) is 10.1. The van der Waals surface area contributed by atoms with Gasteiger partial charge in [0.25, 0.3) is 0 Å². The highest BCUT2D eigenvalue weighted by Gasteiger charge is 2.23. The van der Waals surface area contributed by atoms with Crippen LogP contribution in [0.25, 0.3) is 55.0 Å². The lowest BCUT2D eigenvalue weighted by Gasteiger charge is -2.24. The van der Waals surface area contributed by atoms with Crippen LogP contribution in [0, 0.1) is 0 Å². The molecule has 2 heteroatoms. The van der Waals surface area contributed by atoms with Crippen LogP contribution in [-0.4, -0.2) is 4.57 Å². The fraction of sp³-hybridized carbons (Fsp3) is 0.0556. The van der Waals surface area contributed by atoms with Crippen LogP contribution < -0.4 is 0 Å². The Morgan fingerprint density at radius 2 is 1.32 bits per heavy atom. The van der Waals surface area contributed by atoms with Crippen LogP contribution in [0.3, 0.4) is 0 Å². The number of furan rings is 1. The van der Waals surface area contributed by atoms with Gasteiger partial charge in [0.15, 0.2) is 0 Å². The molecule has 0 aliphatic heterocycles. The molecule has 0 N–H and O–H groups in total. The van der Waals surface area contributed by atoms with Crippen LogP contribution >= 0.6 is 0 Å². The van der Waals surface area contributed by atoms with E-state index >= 15 is 0 Å². The van der Waals surface area contributed by atoms with E-state index < -0.39 is 0 Å². The van der Waals surface area contributed by atoms with Crippen molar-refractivity contribution in [1.29, 1.82) is 0 Å². The van der Waals surface area contributed by atoms with Gasteiger partial charge in [0, 0.05) is 27.8 Å². The summed E-state index contributed by atoms with van der Waals surface area (Å²) in [6.07, 6.45) is 5.79. The quantitative estimate of drug-likeness (QED) is 0.242. The highest BCUT2D eigenvalue weighted by molar-refractivity contribution is 6.24. The molecule has 0 radical (unpaired) electrons. The molecular weight excluding hydrogens is 462 g/mol. The minimum Gasteiger partial charge on any atom is -0.455 e. The van der Waals surface area contributed by atoms with Crippen molar-refractivity contribution in [2.75, 3.05) is 0 Å². The van der Waals surface area contributed by atoms with E-state index in [1.54, 1.807) is 0 Å². The van der Waals surface area contributed by atoms with Crippen LogP contribution in [0.2, 0.25) is 0 Å². The van der Waals surface area contributed by atoms with Crippen LogP contribution in [0.4, 0.5) is 0 Å². The first-order valence-corrected chi connectivity index (χ1v) is 13.2. The number of nitrogens with zero attached hydrogens (tertiary/aromatic N) is 1. The number of aromatic nitrogens is 1. The molecule has 8 rings (SSSR count). The zero-order chi connectivity index (χ0) is 25.1. The first-order valence-electron chi connectivity index (χ1n) is 13.2. The zero-order valence-corrected chi connectivity index (χ0v) is 20.8. The van der Waals surface area contributed by atoms with Gasteiger partial charge in [-0.3, -0.25) is 0 Å². The van der Waals surface area contributed by atoms with Crippen molar-refractivity contribution in [2.24, 2.45) is 0 Å². The van der Waals surface area contributed by atoms with Crippen molar-refractivity contribution in [3.05, 3.63) is 145 Å². The predicted octanol–water partition coefficient (Wildman–Crippen LogP) is 9.81. The molecule has 38 heavy (non-hydrogen) atoms. The molecule has 2 nitrogen and oxygen atoms in total. The standard InChI is InChI=1S/C36H25NO/c1-3-11-24(12-4-1)26-21-27(25-13-5-2-6-14-25)23-28(22-26)37-32-17-9-7-16-31(32)35-33(37)20-19-30-29-15-8-10-18-34(29)38-36(30)35/h1-20,22-23,26H,21H2. The zero-order valence-electron chi connectivity index (χ0n) is 20.8. The number of para-hydroxylation sites is 2. The Kier molecular flexibility index (Phi) is 4.68. The fourth-order valence-electron chi connectivity index (χ4n) is 6.21. The molecule has 0 amide bonds. The molecular formula is C36H25NO. The van der Waals surface area contributed by atoms with E-state index in [0.717, 1.165) is 28.4 Å². The molecule has 1 unspecified atom stereocenters. The summed E-state index contributed by atoms with van der Waals surface area (Å²) in [5.74, 6) is 0.289. The van der Waals surface area contributed by atoms with E-state index in [0.29, 0.717) is 0 Å². The highest BCUT2D eigenvalue weighted by atomic mass is 16.3. The molecule has 2 aromatic heterocycles. The van der Waals surface area contributed by atoms with Gasteiger partial charge < -0.3 is 8.98 Å². The molecule has 7 aromatic rings. The van der Waals surface area contributed by atoms with E-state index in [4.69, 9.17) is 4.42 Å². The third-order valence-corrected chi connectivity index (χ3v) is 7.94. The smallest absolute Gasteiger partial charge is 0.145 e. The molecule has 1 aliphatic carbocycles. The molecule has 5 aromatic carbocycles. The summed E-state index contributed by atoms with van der Waals surface area (Å²) < 4.78 is 8.93. The maximum Gasteiger partial charge on any atom is 0.145 e. The van der Waals surface area contributed by atoms with Gasteiger partial charge in [-0.15, -0.1) is 0 Å². The second kappa shape index (κ2) is 8.36. The van der Waals surface area contributed by atoms with Gasteiger partial charge in [0.05, 0.1) is 16.4 Å². The number of hydrogen-bond donors (Lipinski definition) is 0. The average Bonchev–Trinajstić information content (AvgIpc) is 3.53. The average molecular weight is 488 g/mol. The van der Waals surface area contributed by atoms with Crippen molar-refractivity contribution in [3.8, 4) is 0 Å². The van der Waals surface area contributed by atoms with Gasteiger partial charge in [-0.1, -0.05) is 103 Å². The Balaban J connectivity index is 1.44. The lowest BCUT2D eigenvalue weighted by Crippen LogP contribution is -2.07. The normalized spacial score (nSPS) is 15.8. The lowest BCUT2D eigenvalue weighted by atomic mass is 9.84. The van der Waals surface area contributed by atoms with E-state index in [2.05, 4.69) is 132 Å². The molecule has 0 spiro atoms. The third kappa shape index (κ3) is 3.20. The summed E-state index contributed by atoms with van der Waals surface area (Å²) >= 11 is 0. The van der Waals surface area contributed by atoms with Gasteiger partial charge in [-0.2, -0.15) is 0 Å². The number of benzene rings is 5. The summed E-state index contributed by atoms with van der Waals surface area (Å²) in [7, 11) is 0. The van der Waals surface area contributed by atoms with Gasteiger partial charge in [0.2, 0.25) is 0 Å². The number of fused-ring (bicyclic) bond motifs is 7. The Hall–Kier alpha value is -4.82. The van der Waals surface area contributed by atoms with Crippen molar-refractivity contribution in [1.82, 2.24) is 4.57 Å². The largest absolute Gasteiger partial charge is 0.455 e. The van der Waals surface area contributed by atoms with Crippen molar-refractivity contribution in [3.63, 3.8) is 0 Å². The van der Waals surface area contributed by atoms with Crippen molar-refractivity contribution < 1.29 is 4.42 Å². The maximum absolute atomic E-state index is 6.51. The van der Waals surface area contributed by atoms with Crippen molar-refractivity contribution >= 4 is 55.0 Å². The molecule has 0 saturated heterocycles. The fourth-order valence-corrected chi connectivity index (χ4v) is 6.21. The van der Waals surface area contributed by atoms with Crippen molar-refractivity contribution in [2.45, 2.75) is 12.3 Å². The van der Waals surface area contributed by atoms with Gasteiger partial charge in [-0.25, -0.2) is 0 Å². The third-order valence-electron chi connectivity index (χ3n) is 7.94. The number of hydrogen-bond acceptors (Lipinski definition) is 1. The molecule has 2 heterocycles. The first kappa shape index (κ1) is 21.3. The van der Waals surface area contributed by atoms with Crippen LogP contribution in [0.5, 0.6) is 0 Å². The molecule has 0 fully saturated rings. The molecule has 180 valence electrons. The highest BCUT2D eigenvalue weighted by Crippen LogP contribution is 2.43. The molecule has 0 saturated carbocycles. The predicted molar refractivity (Wildman–Crippen MR) is 159 cm³/mol. The van der Waals surface area contributed by atoms with Crippen LogP contribution in [-0.2, 0) is 0 Å². The summed E-state index contributed by atoms with van der Waals surface area (Å²) in [5, 5.41) is 4.71. The van der Waals surface area contributed by atoms with Crippen LogP contribution in [0.15, 0.2) is 138 Å². The summed E-state index contributed by atoms with van der Waals surface area (Å²) in [6.45, 7) is 0. The summed E-state index contributed by atoms with van der Waals surface area (Å²) in [6, 6.07) is 43.2. The topological polar surface area (TPSA) is 18.1 Å². The second-order valence-corrected chi connectivity index (χ2v) is 10.1. The van der Waals surface area contributed by atoms with E-state index in [-0.39, 0.29) is 5.92 Å². The Morgan fingerprint density at radius 1 is 0.605 bits per heavy atom. The molecule has 1 aliphatic rings. The van der Waals surface area contributed by atoms with E-state index in [1.165, 1.54) is 44.2 Å². The van der Waals surface area contributed by atoms with Gasteiger partial charge >= 0.3 is 0 Å². The van der Waals surface area contributed by atoms with E-state index in [1.807, 2.05) is 6.07 Å².